The number of nitrogens with two attached hydrogens (primary N) is 1. The van der Waals surface area contributed by atoms with Crippen molar-refractivity contribution in [2.75, 3.05) is 25.9 Å². The fourth-order valence-electron chi connectivity index (χ4n) is 3.81. The number of amides is 1. The molecule has 2 atom stereocenters. The quantitative estimate of drug-likeness (QED) is 0.803. The highest BCUT2D eigenvalue weighted by Gasteiger charge is 2.37. The summed E-state index contributed by atoms with van der Waals surface area (Å²) in [5, 5.41) is 0.430. The van der Waals surface area contributed by atoms with Crippen molar-refractivity contribution in [3.8, 4) is 0 Å². The Kier molecular flexibility index (Phi) is 4.16. The van der Waals surface area contributed by atoms with E-state index in [1.54, 1.807) is 18.2 Å². The highest BCUT2D eigenvalue weighted by atomic mass is 32.2. The highest BCUT2D eigenvalue weighted by Crippen LogP contribution is 2.43. The van der Waals surface area contributed by atoms with Crippen LogP contribution in [0.25, 0.3) is 11.1 Å². The van der Waals surface area contributed by atoms with Crippen LogP contribution in [0.5, 0.6) is 0 Å². The number of piperidine rings is 3. The van der Waals surface area contributed by atoms with Gasteiger partial charge in [-0.2, -0.15) is 0 Å². The molecule has 0 aliphatic carbocycles. The zero-order valence-corrected chi connectivity index (χ0v) is 14.9. The Hall–Kier alpha value is -2.06. The van der Waals surface area contributed by atoms with Crippen molar-refractivity contribution in [3.05, 3.63) is 29.7 Å². The Morgan fingerprint density at radius 1 is 1.36 bits per heavy atom. The van der Waals surface area contributed by atoms with E-state index in [0.29, 0.717) is 27.8 Å². The first kappa shape index (κ1) is 16.4. The van der Waals surface area contributed by atoms with Gasteiger partial charge in [0.15, 0.2) is 5.58 Å². The van der Waals surface area contributed by atoms with E-state index in [1.165, 1.54) is 12.8 Å². The number of carbonyl (C=O) groups excluding carboxylic acids is 2. The fraction of sp³-hybridized carbons (Fsp3) is 0.471. The van der Waals surface area contributed by atoms with Crippen molar-refractivity contribution in [1.82, 2.24) is 9.88 Å². The summed E-state index contributed by atoms with van der Waals surface area (Å²) in [5.41, 5.74) is 6.18. The van der Waals surface area contributed by atoms with Crippen molar-refractivity contribution in [2.24, 2.45) is 11.7 Å². The SMILES string of the molecule is C[SH](OC(=O)c1cccc2oc(C(N)=O)nc12)[C@@H]1CN2CCC1CC2. The third kappa shape index (κ3) is 3.00. The Balaban J connectivity index is 1.55. The lowest BCUT2D eigenvalue weighted by Gasteiger charge is -2.47. The summed E-state index contributed by atoms with van der Waals surface area (Å²) in [4.78, 5) is 30.4. The molecule has 1 amide bonds. The molecule has 5 rings (SSSR count). The van der Waals surface area contributed by atoms with Crippen molar-refractivity contribution in [3.63, 3.8) is 0 Å². The topological polar surface area (TPSA) is 98.7 Å². The molecule has 2 aromatic rings. The van der Waals surface area contributed by atoms with Crippen LogP contribution in [0.3, 0.4) is 0 Å². The molecule has 0 radical (unpaired) electrons. The average molecular weight is 363 g/mol. The van der Waals surface area contributed by atoms with E-state index in [1.807, 2.05) is 6.26 Å². The number of rotatable bonds is 4. The number of benzene rings is 1. The maximum Gasteiger partial charge on any atom is 0.350 e. The number of fused-ring (bicyclic) bond motifs is 4. The van der Waals surface area contributed by atoms with Crippen LogP contribution in [0.4, 0.5) is 0 Å². The second-order valence-corrected chi connectivity index (χ2v) is 8.60. The lowest BCUT2D eigenvalue weighted by Crippen LogP contribution is -2.50. The molecule has 1 aromatic carbocycles. The lowest BCUT2D eigenvalue weighted by atomic mass is 9.88. The van der Waals surface area contributed by atoms with Gasteiger partial charge in [0, 0.05) is 11.8 Å². The van der Waals surface area contributed by atoms with E-state index in [4.69, 9.17) is 14.3 Å². The zero-order chi connectivity index (χ0) is 17.6. The smallest absolute Gasteiger partial charge is 0.350 e. The number of carbonyl (C=O) groups is 2. The molecule has 3 aliphatic rings. The number of hydrogen-bond donors (Lipinski definition) is 2. The number of aromatic nitrogens is 1. The van der Waals surface area contributed by atoms with Gasteiger partial charge in [-0.3, -0.25) is 4.79 Å². The fourth-order valence-corrected chi connectivity index (χ4v) is 5.66. The number of primary amides is 1. The van der Waals surface area contributed by atoms with E-state index in [2.05, 4.69) is 9.88 Å². The maximum absolute atomic E-state index is 12.7. The van der Waals surface area contributed by atoms with Gasteiger partial charge in [-0.05, 0) is 50.2 Å². The second kappa shape index (κ2) is 6.34. The van der Waals surface area contributed by atoms with Crippen LogP contribution in [0, 0.1) is 5.92 Å². The van der Waals surface area contributed by atoms with Crippen LogP contribution in [0.15, 0.2) is 22.6 Å². The maximum atomic E-state index is 12.7. The monoisotopic (exact) mass is 363 g/mol. The Morgan fingerprint density at radius 3 is 2.76 bits per heavy atom. The molecule has 8 heteroatoms. The molecule has 4 heterocycles. The van der Waals surface area contributed by atoms with Crippen LogP contribution in [0.2, 0.25) is 0 Å². The van der Waals surface area contributed by atoms with E-state index in [0.717, 1.165) is 19.6 Å². The van der Waals surface area contributed by atoms with Crippen molar-refractivity contribution in [1.29, 1.82) is 0 Å². The molecular weight excluding hydrogens is 342 g/mol. The van der Waals surface area contributed by atoms with Gasteiger partial charge in [0.2, 0.25) is 0 Å². The lowest BCUT2D eigenvalue weighted by molar-refractivity contribution is 0.0748. The highest BCUT2D eigenvalue weighted by molar-refractivity contribution is 8.13. The first-order valence-corrected chi connectivity index (χ1v) is 10.2. The summed E-state index contributed by atoms with van der Waals surface area (Å²) in [6, 6.07) is 4.96. The third-order valence-electron chi connectivity index (χ3n) is 5.17. The first-order valence-electron chi connectivity index (χ1n) is 8.40. The van der Waals surface area contributed by atoms with Crippen LogP contribution in [-0.2, 0) is 4.18 Å². The van der Waals surface area contributed by atoms with E-state index in [-0.39, 0.29) is 5.89 Å². The summed E-state index contributed by atoms with van der Waals surface area (Å²) in [6.07, 6.45) is 4.41. The third-order valence-corrected chi connectivity index (χ3v) is 7.14. The van der Waals surface area contributed by atoms with Gasteiger partial charge in [0.05, 0.1) is 5.56 Å². The number of oxazole rings is 1. The molecule has 2 bridgehead atoms. The Bertz CT molecular complexity index is 828. The molecule has 3 saturated heterocycles. The van der Waals surface area contributed by atoms with Crippen molar-refractivity contribution >= 4 is 34.2 Å². The number of thiol groups is 1. The zero-order valence-electron chi connectivity index (χ0n) is 14.0. The van der Waals surface area contributed by atoms with Gasteiger partial charge in [-0.25, -0.2) is 9.78 Å². The molecule has 134 valence electrons. The van der Waals surface area contributed by atoms with Crippen LogP contribution in [0.1, 0.15) is 33.9 Å². The molecule has 1 unspecified atom stereocenters. The van der Waals surface area contributed by atoms with Crippen molar-refractivity contribution in [2.45, 2.75) is 18.1 Å². The molecule has 2 N–H and O–H groups in total. The number of nitrogens with zero attached hydrogens (tertiary/aromatic N) is 2. The summed E-state index contributed by atoms with van der Waals surface area (Å²) in [6.45, 7) is 3.33. The predicted molar refractivity (Wildman–Crippen MR) is 95.8 cm³/mol. The largest absolute Gasteiger partial charge is 0.432 e. The molecule has 1 aromatic heterocycles. The average Bonchev–Trinajstić information content (AvgIpc) is 3.07. The van der Waals surface area contributed by atoms with Gasteiger partial charge < -0.3 is 19.2 Å². The standard InChI is InChI=1S/C17H21N3O4S/c1-25(13-9-20-7-5-10(13)6-8-20)24-17(22)11-3-2-4-12-14(11)19-16(23-12)15(18)21/h2-4,10,13,25H,5-9H2,1H3,(H2,18,21)/t13-/m1/s1. The summed E-state index contributed by atoms with van der Waals surface area (Å²) < 4.78 is 11.1. The van der Waals surface area contributed by atoms with E-state index < -0.39 is 23.1 Å². The molecule has 25 heavy (non-hydrogen) atoms. The number of para-hydroxylation sites is 1. The Labute approximate surface area is 148 Å². The Morgan fingerprint density at radius 2 is 2.12 bits per heavy atom. The molecular formula is C17H21N3O4S. The molecule has 0 spiro atoms. The van der Waals surface area contributed by atoms with Crippen LogP contribution < -0.4 is 5.73 Å². The normalized spacial score (nSPS) is 27.2. The van der Waals surface area contributed by atoms with Gasteiger partial charge in [0.1, 0.15) is 5.52 Å². The van der Waals surface area contributed by atoms with Gasteiger partial charge in [-0.1, -0.05) is 17.2 Å². The summed E-state index contributed by atoms with van der Waals surface area (Å²) >= 11 is -0.879. The summed E-state index contributed by atoms with van der Waals surface area (Å²) in [5.74, 6) is -0.731. The minimum atomic E-state index is -0.879. The summed E-state index contributed by atoms with van der Waals surface area (Å²) in [7, 11) is 0. The van der Waals surface area contributed by atoms with Gasteiger partial charge in [0.25, 0.3) is 5.89 Å². The minimum absolute atomic E-state index is 0.202. The predicted octanol–water partition coefficient (Wildman–Crippen LogP) is 1.72. The van der Waals surface area contributed by atoms with E-state index in [9.17, 15) is 9.59 Å². The minimum Gasteiger partial charge on any atom is -0.432 e. The van der Waals surface area contributed by atoms with Crippen LogP contribution in [-0.4, -0.2) is 52.9 Å². The molecule has 0 saturated carbocycles. The molecule has 7 nitrogen and oxygen atoms in total. The van der Waals surface area contributed by atoms with Gasteiger partial charge in [-0.15, -0.1) is 0 Å². The van der Waals surface area contributed by atoms with Crippen molar-refractivity contribution < 1.29 is 18.2 Å². The van der Waals surface area contributed by atoms with E-state index >= 15 is 0 Å². The molecule has 3 fully saturated rings. The number of hydrogen-bond acceptors (Lipinski definition) is 6. The molecule has 3 aliphatic heterocycles. The first-order chi connectivity index (χ1) is 12.0. The van der Waals surface area contributed by atoms with Crippen LogP contribution >= 0.6 is 11.2 Å². The second-order valence-electron chi connectivity index (χ2n) is 6.67. The van der Waals surface area contributed by atoms with Gasteiger partial charge >= 0.3 is 11.9 Å².